The van der Waals surface area contributed by atoms with Gasteiger partial charge in [0, 0.05) is 16.5 Å². The lowest BCUT2D eigenvalue weighted by Crippen LogP contribution is -2.54. The molecule has 0 aromatic heterocycles. The molecule has 10 aromatic rings. The predicted octanol–water partition coefficient (Wildman–Crippen LogP) is 16.6. The molecule has 488 valence electrons. The van der Waals surface area contributed by atoms with Crippen molar-refractivity contribution >= 4 is 40.4 Å². The molecule has 0 radical (unpaired) electrons. The summed E-state index contributed by atoms with van der Waals surface area (Å²) in [6.45, 7) is 7.93. The Bertz CT molecular complexity index is 4770. The molecular formula is C70H58F6O14S4. The highest BCUT2D eigenvalue weighted by Gasteiger charge is 2.72. The summed E-state index contributed by atoms with van der Waals surface area (Å²) >= 11 is 0. The second-order valence-electron chi connectivity index (χ2n) is 21.6. The van der Waals surface area contributed by atoms with Crippen LogP contribution in [0.3, 0.4) is 0 Å². The van der Waals surface area contributed by atoms with E-state index in [2.05, 4.69) is 19.9 Å². The number of benzene rings is 10. The van der Waals surface area contributed by atoms with E-state index in [0.29, 0.717) is 40.5 Å². The van der Waals surface area contributed by atoms with Crippen LogP contribution in [0.2, 0.25) is 0 Å². The first-order chi connectivity index (χ1) is 44.2. The first-order valence-electron chi connectivity index (χ1n) is 28.0. The summed E-state index contributed by atoms with van der Waals surface area (Å²) in [5, 5.41) is 0. The number of halogens is 6. The van der Waals surface area contributed by atoms with Gasteiger partial charge in [-0.2, -0.15) is 34.8 Å². The van der Waals surface area contributed by atoms with Crippen LogP contribution in [0, 0.1) is 13.8 Å². The Morgan fingerprint density at radius 1 is 0.372 bits per heavy atom. The molecule has 0 unspecified atom stereocenters. The Kier molecular flexibility index (Phi) is 21.2. The van der Waals surface area contributed by atoms with Gasteiger partial charge in [-0.15, -0.1) is 12.6 Å². The fourth-order valence-electron chi connectivity index (χ4n) is 10.1. The maximum Gasteiger partial charge on any atom is 0.425 e. The van der Waals surface area contributed by atoms with E-state index >= 15 is 0 Å². The molecule has 0 aliphatic rings. The van der Waals surface area contributed by atoms with Gasteiger partial charge in [-0.1, -0.05) is 128 Å². The number of ether oxygens (including phenoxy) is 4. The number of hydrogen-bond donors (Lipinski definition) is 1. The Morgan fingerprint density at radius 3 is 1.12 bits per heavy atom. The van der Waals surface area contributed by atoms with E-state index in [1.54, 1.807) is 79.9 Å². The molecule has 0 aliphatic heterocycles. The molecule has 0 aliphatic carbocycles. The van der Waals surface area contributed by atoms with Crippen molar-refractivity contribution in [2.45, 2.75) is 75.4 Å². The molecule has 94 heavy (non-hydrogen) atoms. The zero-order valence-corrected chi connectivity index (χ0v) is 53.9. The lowest BCUT2D eigenvalue weighted by atomic mass is 9.73. The van der Waals surface area contributed by atoms with Crippen LogP contribution in [0.4, 0.5) is 26.3 Å². The highest BCUT2D eigenvalue weighted by Crippen LogP contribution is 2.57. The third-order valence-electron chi connectivity index (χ3n) is 15.2. The molecule has 10 rings (SSSR count). The molecular weight excluding hydrogens is 1310 g/mol. The van der Waals surface area contributed by atoms with Crippen LogP contribution in [-0.4, -0.2) is 69.0 Å². The van der Waals surface area contributed by atoms with Gasteiger partial charge in [-0.05, 0) is 181 Å². The Hall–Kier alpha value is -9.59. The zero-order chi connectivity index (χ0) is 68.6. The van der Waals surface area contributed by atoms with Crippen LogP contribution in [0.1, 0.15) is 47.2 Å². The molecule has 1 N–H and O–H groups in total. The minimum Gasteiger partial charge on any atom is -0.497 e. The van der Waals surface area contributed by atoms with Crippen molar-refractivity contribution in [1.29, 1.82) is 0 Å². The summed E-state index contributed by atoms with van der Waals surface area (Å²) in [5.41, 5.74) is -0.0490. The fraction of sp³-hybridized carbons (Fsp3) is 0.143. The van der Waals surface area contributed by atoms with Crippen LogP contribution < -0.4 is 18.9 Å². The normalized spacial score (nSPS) is 12.1. The third-order valence-corrected chi connectivity index (χ3v) is 19.6. The average molecular weight is 1370 g/mol. The number of hydrogen-bond acceptors (Lipinski definition) is 13. The number of aryl methyl sites for hydroxylation is 2. The molecule has 0 spiro atoms. The molecule has 0 atom stereocenters. The monoisotopic (exact) mass is 1360 g/mol. The minimum atomic E-state index is -5.74. The lowest BCUT2D eigenvalue weighted by Gasteiger charge is -2.38. The van der Waals surface area contributed by atoms with Crippen molar-refractivity contribution in [3.8, 4) is 56.8 Å². The minimum absolute atomic E-state index is 0.0151. The topological polar surface area (TPSA) is 211 Å². The summed E-state index contributed by atoms with van der Waals surface area (Å²) < 4.78 is 219. The summed E-state index contributed by atoms with van der Waals surface area (Å²) in [5.74, 6) is 1.83. The van der Waals surface area contributed by atoms with Gasteiger partial charge < -0.3 is 18.9 Å². The molecule has 0 saturated carbocycles. The number of rotatable bonds is 17. The smallest absolute Gasteiger partial charge is 0.425 e. The van der Waals surface area contributed by atoms with Crippen molar-refractivity contribution in [2.24, 2.45) is 0 Å². The number of methoxy groups -OCH3 is 2. The molecule has 24 heteroatoms. The highest BCUT2D eigenvalue weighted by atomic mass is 32.2. The quantitative estimate of drug-likeness (QED) is 0.0664. The molecule has 0 heterocycles. The average Bonchev–Trinajstić information content (AvgIpc) is 0.720. The van der Waals surface area contributed by atoms with E-state index in [-0.39, 0.29) is 41.7 Å². The lowest BCUT2D eigenvalue weighted by molar-refractivity contribution is -0.288. The van der Waals surface area contributed by atoms with Gasteiger partial charge in [0.1, 0.15) is 34.5 Å². The molecule has 0 saturated heterocycles. The van der Waals surface area contributed by atoms with E-state index < -0.39 is 74.7 Å². The first-order valence-corrected chi connectivity index (χ1v) is 33.4. The van der Waals surface area contributed by atoms with Gasteiger partial charge in [0.2, 0.25) is 25.1 Å². The van der Waals surface area contributed by atoms with E-state index in [4.69, 9.17) is 31.6 Å². The Balaban J connectivity index is 0.000000233. The van der Waals surface area contributed by atoms with Gasteiger partial charge >= 0.3 is 23.0 Å². The molecule has 14 nitrogen and oxygen atoms in total. The van der Waals surface area contributed by atoms with E-state index in [1.165, 1.54) is 55.6 Å². The second-order valence-corrected chi connectivity index (χ2v) is 27.3. The summed E-state index contributed by atoms with van der Waals surface area (Å²) in [7, 11) is -12.2. The highest BCUT2D eigenvalue weighted by molar-refractivity contribution is 7.91. The van der Waals surface area contributed by atoms with Gasteiger partial charge in [0.15, 0.2) is 0 Å². The van der Waals surface area contributed by atoms with E-state index in [0.717, 1.165) is 69.8 Å². The van der Waals surface area contributed by atoms with Crippen LogP contribution in [0.15, 0.2) is 261 Å². The van der Waals surface area contributed by atoms with E-state index in [9.17, 15) is 56.1 Å². The van der Waals surface area contributed by atoms with Gasteiger partial charge in [-0.3, -0.25) is 4.55 Å². The van der Waals surface area contributed by atoms with E-state index in [1.807, 2.05) is 74.5 Å². The number of sulfone groups is 2. The van der Waals surface area contributed by atoms with Crippen LogP contribution in [0.5, 0.6) is 34.5 Å². The molecule has 0 bridgehead atoms. The Labute approximate surface area is 541 Å². The van der Waals surface area contributed by atoms with Crippen molar-refractivity contribution < 1.29 is 87.7 Å². The number of alkyl halides is 6. The second kappa shape index (κ2) is 28.3. The first kappa shape index (κ1) is 70.3. The molecule has 0 amide bonds. The third kappa shape index (κ3) is 15.7. The van der Waals surface area contributed by atoms with Crippen molar-refractivity contribution in [3.63, 3.8) is 0 Å². The van der Waals surface area contributed by atoms with Crippen molar-refractivity contribution in [1.82, 2.24) is 0 Å². The summed E-state index contributed by atoms with van der Waals surface area (Å²) in [6.07, 6.45) is -11.5. The summed E-state index contributed by atoms with van der Waals surface area (Å²) in [4.78, 5) is 0.289. The van der Waals surface area contributed by atoms with Crippen LogP contribution in [-0.2, 0) is 51.2 Å². The Morgan fingerprint density at radius 2 is 0.723 bits per heavy atom. The predicted molar refractivity (Wildman–Crippen MR) is 341 cm³/mol. The van der Waals surface area contributed by atoms with Gasteiger partial charge in [-0.25, -0.2) is 16.8 Å². The fourth-order valence-corrected chi connectivity index (χ4v) is 13.2. The maximum absolute atomic E-state index is 14.3. The molecule has 0 fully saturated rings. The van der Waals surface area contributed by atoms with Crippen molar-refractivity contribution in [2.75, 3.05) is 14.2 Å². The largest absolute Gasteiger partial charge is 0.497 e. The van der Waals surface area contributed by atoms with Crippen LogP contribution in [0.25, 0.3) is 22.3 Å². The van der Waals surface area contributed by atoms with Crippen molar-refractivity contribution in [3.05, 3.63) is 270 Å². The van der Waals surface area contributed by atoms with Gasteiger partial charge in [0.25, 0.3) is 10.1 Å². The van der Waals surface area contributed by atoms with Crippen LogP contribution >= 0.6 is 0 Å². The maximum atomic E-state index is 14.3. The van der Waals surface area contributed by atoms with Gasteiger partial charge in [0.05, 0.1) is 38.7 Å². The standard InChI is InChI=1S/C41H36O7S2.C29H22F6O4S.O3S/c1-28-13-19-34(20-14-28)49(42,43)35-21-17-33(18-22-35)48-40-24-16-32(26-37(40)29-9-6-5-7-10-29)41(2,3)31-15-23-39(47-4)38(27-31)30-11-8-12-36(25-30)50(44,45)46;1-19-3-15-25(16-4-19)40(36,37)26-17-13-24(14-18-26)39-23-11-7-21(8-12-23)27(28(30,31)32,29(33,34)35)20-5-9-22(38-2)10-6-20;1-4(2)3/h5-27H,1-4H3,(H,44,45,46);3-18H,1-2H3;. The zero-order valence-electron chi connectivity index (χ0n) is 50.7. The SMILES string of the molecule is COc1ccc(C(C)(C)c2ccc(Oc3ccc(S(=O)(=O)c4ccc(C)cc4)cc3)c(-c3ccccc3)c2)cc1-c1cccc(S(=O)(=O)O)c1.COc1ccc(C(c2ccc(Oc3ccc(S(=O)(=O)c4ccc(C)cc4)cc3)cc2)(C(F)(F)F)C(F)(F)F)cc1.O=S(=O)=O. The summed E-state index contributed by atoms with van der Waals surface area (Å²) in [6, 6.07) is 59.4. The molecule has 10 aromatic carbocycles.